The van der Waals surface area contributed by atoms with E-state index in [4.69, 9.17) is 43.2 Å². The van der Waals surface area contributed by atoms with Crippen molar-refractivity contribution in [2.75, 3.05) is 95.6 Å². The number of ether oxygens (including phenoxy) is 5. The fourth-order valence-corrected chi connectivity index (χ4v) is 6.39. The number of carboxylic acids is 3. The molecule has 0 saturated heterocycles. The predicted molar refractivity (Wildman–Crippen MR) is 382 cm³/mol. The van der Waals surface area contributed by atoms with Crippen LogP contribution < -0.4 is 21.6 Å². The number of rotatable bonds is 22. The van der Waals surface area contributed by atoms with Crippen LogP contribution in [0.5, 0.6) is 0 Å². The van der Waals surface area contributed by atoms with E-state index in [1.165, 1.54) is 61.4 Å². The summed E-state index contributed by atoms with van der Waals surface area (Å²) in [6.07, 6.45) is -2.58. The molecular formula is C66H112Cl2N10O20S. The summed E-state index contributed by atoms with van der Waals surface area (Å²) >= 11 is 0. The highest BCUT2D eigenvalue weighted by atomic mass is 36.0. The summed E-state index contributed by atoms with van der Waals surface area (Å²) in [6, 6.07) is 28.3. The van der Waals surface area contributed by atoms with Crippen LogP contribution in [0.1, 0.15) is 122 Å². The Morgan fingerprint density at radius 2 is 0.697 bits per heavy atom. The van der Waals surface area contributed by atoms with Gasteiger partial charge in [-0.3, -0.25) is 39.2 Å². The Bertz CT molecular complexity index is 2900. The van der Waals surface area contributed by atoms with E-state index >= 15 is 0 Å². The van der Waals surface area contributed by atoms with Crippen molar-refractivity contribution in [1.82, 2.24) is 51.1 Å². The molecule has 99 heavy (non-hydrogen) atoms. The zero-order chi connectivity index (χ0) is 75.0. The van der Waals surface area contributed by atoms with E-state index < -0.39 is 96.7 Å². The number of benzene rings is 3. The van der Waals surface area contributed by atoms with Crippen LogP contribution >= 0.6 is 21.4 Å². The minimum Gasteiger partial charge on any atom is -0.480 e. The smallest absolute Gasteiger partial charge is 0.426 e. The Balaban J connectivity index is -0.000000287. The number of likely N-dealkylation sites (N-methyl/N-ethyl adjacent to an activating group) is 6. The minimum absolute atomic E-state index is 0. The van der Waals surface area contributed by atoms with Gasteiger partial charge in [-0.2, -0.15) is 0 Å². The van der Waals surface area contributed by atoms with Crippen LogP contribution in [0.15, 0.2) is 91.0 Å². The maximum Gasteiger partial charge on any atom is 0.426 e. The fourth-order valence-electron chi connectivity index (χ4n) is 6.39. The second-order valence-corrected chi connectivity index (χ2v) is 26.8. The lowest BCUT2D eigenvalue weighted by Crippen LogP contribution is -2.55. The summed E-state index contributed by atoms with van der Waals surface area (Å²) in [6.45, 7) is 21.4. The monoisotopic (exact) mass is 1470 g/mol. The van der Waals surface area contributed by atoms with Crippen molar-refractivity contribution in [3.05, 3.63) is 108 Å². The summed E-state index contributed by atoms with van der Waals surface area (Å²) in [7, 11) is 20.1. The number of hydrazine groups is 2. The molecule has 0 bridgehead atoms. The van der Waals surface area contributed by atoms with Crippen molar-refractivity contribution in [1.29, 1.82) is 0 Å². The van der Waals surface area contributed by atoms with Gasteiger partial charge in [-0.25, -0.2) is 39.0 Å². The molecule has 0 aliphatic rings. The Kier molecular flexibility index (Phi) is 52.0. The third-order valence-electron chi connectivity index (χ3n) is 12.3. The largest absolute Gasteiger partial charge is 0.480 e. The number of halogens is 2. The lowest BCUT2D eigenvalue weighted by Gasteiger charge is -2.32. The van der Waals surface area contributed by atoms with Gasteiger partial charge in [-0.15, -0.1) is 0 Å². The van der Waals surface area contributed by atoms with E-state index in [0.29, 0.717) is 13.2 Å². The first-order valence-corrected chi connectivity index (χ1v) is 32.2. The van der Waals surface area contributed by atoms with Crippen LogP contribution in [0.4, 0.5) is 24.0 Å². The molecule has 0 aliphatic heterocycles. The van der Waals surface area contributed by atoms with Crippen molar-refractivity contribution in [3.63, 3.8) is 0 Å². The van der Waals surface area contributed by atoms with E-state index in [1.54, 1.807) is 60.9 Å². The minimum atomic E-state index is -1.67. The molecule has 0 aliphatic carbocycles. The maximum atomic E-state index is 12.9. The molecule has 0 atom stereocenters. The third kappa shape index (κ3) is 46.4. The SMILES string of the molecule is C.C.C.CC(C)(C(=O)O)C(=O)O.CN(CCN(C)C(=O)C(C)(C)C(=O)N(C)NC(=O)OC(C)(C)C)C(=O)OCc1ccccc1.CN(CCN(C)C(=O)C(C)(C)C(=O)O)C(=O)OCc1ccccc1.CNCCN(C)C(=O)OCc1ccccc1.CNNC(=O)OC(C)(C)C.O=S(Cl)Cl. The lowest BCUT2D eigenvalue weighted by atomic mass is 9.90. The summed E-state index contributed by atoms with van der Waals surface area (Å²) < 4.78 is 34.7. The average Bonchev–Trinajstić information content (AvgIpc) is 0.800. The predicted octanol–water partition coefficient (Wildman–Crippen LogP) is 9.71. The quantitative estimate of drug-likeness (QED) is 0.0213. The van der Waals surface area contributed by atoms with Gasteiger partial charge in [0.1, 0.15) is 41.9 Å². The van der Waals surface area contributed by atoms with Crippen LogP contribution in [-0.2, 0) is 81.5 Å². The Labute approximate surface area is 597 Å². The molecule has 3 aromatic carbocycles. The highest BCUT2D eigenvalue weighted by molar-refractivity contribution is 8.26. The Morgan fingerprint density at radius 3 is 0.960 bits per heavy atom. The zero-order valence-corrected chi connectivity index (χ0v) is 61.0. The number of hydrogen-bond acceptors (Lipinski definition) is 19. The Hall–Kier alpha value is -8.52. The summed E-state index contributed by atoms with van der Waals surface area (Å²) in [5.74, 6) is -5.42. The number of nitrogens with one attached hydrogen (secondary N) is 4. The van der Waals surface area contributed by atoms with Crippen LogP contribution in [0.2, 0.25) is 0 Å². The molecule has 7 N–H and O–H groups in total. The van der Waals surface area contributed by atoms with Gasteiger partial charge >= 0.3 is 48.4 Å². The van der Waals surface area contributed by atoms with Gasteiger partial charge < -0.3 is 68.8 Å². The molecule has 566 valence electrons. The van der Waals surface area contributed by atoms with Crippen LogP contribution in [-0.4, -0.2) is 222 Å². The number of nitrogens with zero attached hydrogens (tertiary/aromatic N) is 6. The van der Waals surface area contributed by atoms with Gasteiger partial charge in [0.25, 0.3) is 5.91 Å². The Morgan fingerprint density at radius 1 is 0.424 bits per heavy atom. The molecule has 3 aromatic rings. The van der Waals surface area contributed by atoms with E-state index in [-0.39, 0.29) is 67.8 Å². The second kappa shape index (κ2) is 50.8. The first-order valence-electron chi connectivity index (χ1n) is 29.4. The average molecular weight is 1470 g/mol. The molecule has 33 heteroatoms. The van der Waals surface area contributed by atoms with Crippen molar-refractivity contribution >= 4 is 96.7 Å². The second-order valence-electron chi connectivity index (χ2n) is 24.3. The first-order chi connectivity index (χ1) is 44.1. The van der Waals surface area contributed by atoms with Gasteiger partial charge in [-0.05, 0) is 107 Å². The molecule has 0 radical (unpaired) electrons. The molecular weight excluding hydrogens is 1360 g/mol. The molecule has 30 nitrogen and oxygen atoms in total. The summed E-state index contributed by atoms with van der Waals surface area (Å²) in [5.41, 5.74) is 4.04. The lowest BCUT2D eigenvalue weighted by molar-refractivity contribution is -0.162. The van der Waals surface area contributed by atoms with Gasteiger partial charge in [0.05, 0.1) is 0 Å². The maximum absolute atomic E-state index is 12.9. The van der Waals surface area contributed by atoms with Crippen molar-refractivity contribution < 1.29 is 96.0 Å². The van der Waals surface area contributed by atoms with Crippen molar-refractivity contribution in [3.8, 4) is 0 Å². The molecule has 0 spiro atoms. The van der Waals surface area contributed by atoms with Gasteiger partial charge in [0.15, 0.2) is 5.41 Å². The highest BCUT2D eigenvalue weighted by Crippen LogP contribution is 2.22. The van der Waals surface area contributed by atoms with E-state index in [2.05, 4.69) is 43.0 Å². The fraction of sp³-hybridized carbons (Fsp3) is 0.561. The van der Waals surface area contributed by atoms with Gasteiger partial charge in [-0.1, -0.05) is 113 Å². The highest BCUT2D eigenvalue weighted by Gasteiger charge is 2.41. The molecule has 3 rings (SSSR count). The van der Waals surface area contributed by atoms with E-state index in [1.807, 2.05) is 119 Å². The van der Waals surface area contributed by atoms with Gasteiger partial charge in [0, 0.05) is 110 Å². The van der Waals surface area contributed by atoms with Crippen molar-refractivity contribution in [2.24, 2.45) is 16.2 Å². The van der Waals surface area contributed by atoms with Crippen LogP contribution in [0, 0.1) is 16.2 Å². The number of amides is 8. The molecule has 8 amide bonds. The van der Waals surface area contributed by atoms with Crippen LogP contribution in [0.25, 0.3) is 0 Å². The van der Waals surface area contributed by atoms with Crippen LogP contribution in [0.3, 0.4) is 0 Å². The number of carbonyl (C=O) groups is 11. The first kappa shape index (κ1) is 102. The van der Waals surface area contributed by atoms with Gasteiger partial charge in [0.2, 0.25) is 21.0 Å². The number of hydrogen-bond donors (Lipinski definition) is 7. The zero-order valence-electron chi connectivity index (χ0n) is 58.7. The third-order valence-corrected chi connectivity index (χ3v) is 12.3. The number of carbonyl (C=O) groups excluding carboxylic acids is 8. The number of aliphatic carboxylic acids is 3. The topological polar surface area (TPSA) is 379 Å². The van der Waals surface area contributed by atoms with E-state index in [9.17, 15) is 52.7 Å². The molecule has 0 saturated carbocycles. The van der Waals surface area contributed by atoms with Crippen molar-refractivity contribution in [2.45, 2.75) is 136 Å². The molecule has 0 heterocycles. The number of carboxylic acid groups (broad SMARTS) is 3. The summed E-state index contributed by atoms with van der Waals surface area (Å²) in [4.78, 5) is 134. The summed E-state index contributed by atoms with van der Waals surface area (Å²) in [5, 5.41) is 29.4. The van der Waals surface area contributed by atoms with E-state index in [0.717, 1.165) is 42.1 Å². The molecule has 0 unspecified atom stereocenters. The standard InChI is InChI=1S/C23H36N4O6.C17H24N2O5.C12H18N2O2.C6H14N2O2.C5H8O4.3CH4.Cl2OS/c1-22(2,3)33-20(30)24-27(8)19(29)23(4,5)18(28)25(6)14-15-26(7)21(31)32-16-17-12-10-9-11-13-17;1-17(2,15(21)22)14(20)18(3)10-11-19(4)16(23)24-12-13-8-6-5-7-9-13;1-13-8-9-14(2)12(15)16-10-11-6-4-3-5-7-11;1-6(2,3)10-5(9)8-7-4;1-5(2,3(6)7)4(8)9;;;;1-4(2)3/h9-13H,14-16H2,1-8H3,(H,24,30);5-9H,10-12H2,1-4H3,(H,21,22);3-7,13H,8-10H2,1-2H3;7H,1-4H3,(H,8,9);1-2H3,(H,6,7)(H,8,9);3*1H4;. The molecule has 0 fully saturated rings. The normalized spacial score (nSPS) is 10.4. The molecule has 0 aromatic heterocycles.